The molecule has 0 fully saturated rings. The van der Waals surface area contributed by atoms with Crippen LogP contribution in [0.1, 0.15) is 5.56 Å². The summed E-state index contributed by atoms with van der Waals surface area (Å²) < 4.78 is 41.9. The van der Waals surface area contributed by atoms with Gasteiger partial charge in [0.1, 0.15) is 0 Å². The predicted molar refractivity (Wildman–Crippen MR) is 75.9 cm³/mol. The summed E-state index contributed by atoms with van der Waals surface area (Å²) in [5, 5.41) is 0. The van der Waals surface area contributed by atoms with E-state index in [9.17, 15) is 8.42 Å². The largest absolute Gasteiger partial charge is 0.493 e. The third-order valence-corrected chi connectivity index (χ3v) is 2.94. The number of benzene rings is 1. The Bertz CT molecular complexity index is 552. The van der Waals surface area contributed by atoms with E-state index in [1.165, 1.54) is 21.3 Å². The Balaban J connectivity index is 2.93. The van der Waals surface area contributed by atoms with Crippen molar-refractivity contribution in [3.8, 4) is 17.2 Å². The van der Waals surface area contributed by atoms with Gasteiger partial charge in [-0.05, 0) is 17.7 Å². The zero-order valence-corrected chi connectivity index (χ0v) is 12.7. The molecule has 0 spiro atoms. The van der Waals surface area contributed by atoms with E-state index < -0.39 is 10.1 Å². The third-order valence-electron chi connectivity index (χ3n) is 2.38. The molecule has 0 amide bonds. The van der Waals surface area contributed by atoms with Crippen LogP contribution in [0.15, 0.2) is 18.2 Å². The summed E-state index contributed by atoms with van der Waals surface area (Å²) in [7, 11) is 1.14. The Hall–Kier alpha value is -1.73. The van der Waals surface area contributed by atoms with Crippen molar-refractivity contribution in [3.05, 3.63) is 23.8 Å². The smallest absolute Gasteiger partial charge is 0.264 e. The fraction of sp³-hybridized carbons (Fsp3) is 0.385. The maximum Gasteiger partial charge on any atom is 0.264 e. The van der Waals surface area contributed by atoms with Gasteiger partial charge < -0.3 is 14.2 Å². The fourth-order valence-electron chi connectivity index (χ4n) is 1.54. The normalized spacial score (nSPS) is 11.6. The summed E-state index contributed by atoms with van der Waals surface area (Å²) in [4.78, 5) is 0. The van der Waals surface area contributed by atoms with E-state index in [0.717, 1.165) is 11.8 Å². The SMILES string of the molecule is COc1cc(/C=C/COS(C)(=O)=O)cc(OC)c1OC. The maximum atomic E-state index is 10.8. The van der Waals surface area contributed by atoms with Crippen molar-refractivity contribution in [3.63, 3.8) is 0 Å². The molecule has 112 valence electrons. The molecule has 1 aromatic carbocycles. The average molecular weight is 302 g/mol. The molecular weight excluding hydrogens is 284 g/mol. The van der Waals surface area contributed by atoms with Gasteiger partial charge in [0.05, 0.1) is 34.2 Å². The van der Waals surface area contributed by atoms with Crippen LogP contribution in [-0.2, 0) is 14.3 Å². The van der Waals surface area contributed by atoms with E-state index in [0.29, 0.717) is 17.2 Å². The van der Waals surface area contributed by atoms with Crippen molar-refractivity contribution in [1.29, 1.82) is 0 Å². The number of ether oxygens (including phenoxy) is 3. The standard InChI is InChI=1S/C13H18O6S/c1-16-11-8-10(6-5-7-19-20(4,14)15)9-12(17-2)13(11)18-3/h5-6,8-9H,7H2,1-4H3/b6-5+. The zero-order valence-electron chi connectivity index (χ0n) is 11.9. The average Bonchev–Trinajstić information content (AvgIpc) is 2.41. The molecule has 7 heteroatoms. The van der Waals surface area contributed by atoms with Crippen LogP contribution in [0, 0.1) is 0 Å². The van der Waals surface area contributed by atoms with E-state index >= 15 is 0 Å². The molecule has 0 unspecified atom stereocenters. The van der Waals surface area contributed by atoms with Crippen LogP contribution in [0.25, 0.3) is 6.08 Å². The van der Waals surface area contributed by atoms with Gasteiger partial charge in [-0.25, -0.2) is 0 Å². The van der Waals surface area contributed by atoms with Gasteiger partial charge in [0.2, 0.25) is 5.75 Å². The van der Waals surface area contributed by atoms with E-state index in [-0.39, 0.29) is 6.61 Å². The first-order valence-electron chi connectivity index (χ1n) is 5.72. The summed E-state index contributed by atoms with van der Waals surface area (Å²) in [6.07, 6.45) is 4.29. The molecule has 0 aliphatic carbocycles. The molecule has 0 radical (unpaired) electrons. The van der Waals surface area contributed by atoms with Crippen molar-refractivity contribution < 1.29 is 26.8 Å². The Kier molecular flexibility index (Phi) is 5.84. The van der Waals surface area contributed by atoms with Crippen molar-refractivity contribution in [2.75, 3.05) is 34.2 Å². The maximum absolute atomic E-state index is 10.8. The summed E-state index contributed by atoms with van der Waals surface area (Å²) in [6, 6.07) is 3.50. The van der Waals surface area contributed by atoms with Crippen molar-refractivity contribution in [2.45, 2.75) is 0 Å². The molecule has 0 atom stereocenters. The van der Waals surface area contributed by atoms with Crippen LogP contribution in [0.4, 0.5) is 0 Å². The lowest BCUT2D eigenvalue weighted by molar-refractivity contribution is 0.324. The topological polar surface area (TPSA) is 71.1 Å². The van der Waals surface area contributed by atoms with Crippen LogP contribution in [0.3, 0.4) is 0 Å². The summed E-state index contributed by atoms with van der Waals surface area (Å²) in [5.74, 6) is 1.55. The Morgan fingerprint density at radius 3 is 2.00 bits per heavy atom. The zero-order chi connectivity index (χ0) is 15.2. The van der Waals surface area contributed by atoms with E-state index in [4.69, 9.17) is 14.2 Å². The molecule has 0 heterocycles. The molecule has 1 rings (SSSR count). The first kappa shape index (κ1) is 16.3. The minimum Gasteiger partial charge on any atom is -0.493 e. The molecular formula is C13H18O6S. The van der Waals surface area contributed by atoms with Gasteiger partial charge in [-0.3, -0.25) is 4.18 Å². The second kappa shape index (κ2) is 7.16. The van der Waals surface area contributed by atoms with Crippen LogP contribution in [0.5, 0.6) is 17.2 Å². The number of rotatable bonds is 7. The van der Waals surface area contributed by atoms with Gasteiger partial charge in [0.15, 0.2) is 11.5 Å². The van der Waals surface area contributed by atoms with Crippen molar-refractivity contribution >= 4 is 16.2 Å². The van der Waals surface area contributed by atoms with E-state index in [2.05, 4.69) is 4.18 Å². The Morgan fingerprint density at radius 2 is 1.60 bits per heavy atom. The van der Waals surface area contributed by atoms with Crippen molar-refractivity contribution in [1.82, 2.24) is 0 Å². The van der Waals surface area contributed by atoms with E-state index in [1.807, 2.05) is 0 Å². The van der Waals surface area contributed by atoms with Crippen LogP contribution in [-0.4, -0.2) is 42.6 Å². The van der Waals surface area contributed by atoms with Crippen molar-refractivity contribution in [2.24, 2.45) is 0 Å². The number of hydrogen-bond acceptors (Lipinski definition) is 6. The monoisotopic (exact) mass is 302 g/mol. The quantitative estimate of drug-likeness (QED) is 0.714. The van der Waals surface area contributed by atoms with Crippen LogP contribution in [0.2, 0.25) is 0 Å². The summed E-state index contributed by atoms with van der Waals surface area (Å²) in [6.45, 7) is -0.0322. The molecule has 6 nitrogen and oxygen atoms in total. The highest BCUT2D eigenvalue weighted by molar-refractivity contribution is 7.85. The van der Waals surface area contributed by atoms with Gasteiger partial charge in [0, 0.05) is 0 Å². The molecule has 0 aliphatic rings. The van der Waals surface area contributed by atoms with Gasteiger partial charge in [-0.15, -0.1) is 0 Å². The molecule has 0 N–H and O–H groups in total. The number of hydrogen-bond donors (Lipinski definition) is 0. The van der Waals surface area contributed by atoms with E-state index in [1.54, 1.807) is 24.3 Å². The number of methoxy groups -OCH3 is 3. The fourth-order valence-corrected chi connectivity index (χ4v) is 1.87. The molecule has 0 aromatic heterocycles. The van der Waals surface area contributed by atoms with Crippen LogP contribution < -0.4 is 14.2 Å². The molecule has 0 saturated carbocycles. The van der Waals surface area contributed by atoms with Gasteiger partial charge in [-0.1, -0.05) is 12.2 Å². The summed E-state index contributed by atoms with van der Waals surface area (Å²) in [5.41, 5.74) is 0.775. The Morgan fingerprint density at radius 1 is 1.05 bits per heavy atom. The minimum absolute atomic E-state index is 0.0322. The van der Waals surface area contributed by atoms with Crippen LogP contribution >= 0.6 is 0 Å². The lowest BCUT2D eigenvalue weighted by atomic mass is 10.1. The first-order valence-corrected chi connectivity index (χ1v) is 7.54. The third kappa shape index (κ3) is 4.75. The highest BCUT2D eigenvalue weighted by atomic mass is 32.2. The lowest BCUT2D eigenvalue weighted by Gasteiger charge is -2.12. The molecule has 0 bridgehead atoms. The van der Waals surface area contributed by atoms with Gasteiger partial charge >= 0.3 is 0 Å². The highest BCUT2D eigenvalue weighted by Crippen LogP contribution is 2.38. The second-order valence-electron chi connectivity index (χ2n) is 3.85. The highest BCUT2D eigenvalue weighted by Gasteiger charge is 2.11. The predicted octanol–water partition coefficient (Wildman–Crippen LogP) is 1.70. The minimum atomic E-state index is -3.44. The molecule has 0 saturated heterocycles. The van der Waals surface area contributed by atoms with Gasteiger partial charge in [0.25, 0.3) is 10.1 Å². The first-order chi connectivity index (χ1) is 9.41. The molecule has 1 aromatic rings. The summed E-state index contributed by atoms with van der Waals surface area (Å²) >= 11 is 0. The second-order valence-corrected chi connectivity index (χ2v) is 5.49. The Labute approximate surface area is 119 Å². The van der Waals surface area contributed by atoms with Gasteiger partial charge in [-0.2, -0.15) is 8.42 Å². The molecule has 20 heavy (non-hydrogen) atoms. The molecule has 0 aliphatic heterocycles. The lowest BCUT2D eigenvalue weighted by Crippen LogP contribution is -2.01.